The molecule has 0 aliphatic heterocycles. The van der Waals surface area contributed by atoms with Gasteiger partial charge in [0.25, 0.3) is 0 Å². The van der Waals surface area contributed by atoms with E-state index in [0.29, 0.717) is 15.5 Å². The molecule has 0 spiro atoms. The van der Waals surface area contributed by atoms with Crippen molar-refractivity contribution in [2.45, 2.75) is 10.5 Å². The van der Waals surface area contributed by atoms with Gasteiger partial charge in [0.2, 0.25) is 11.8 Å². The highest BCUT2D eigenvalue weighted by molar-refractivity contribution is 8.01. The summed E-state index contributed by atoms with van der Waals surface area (Å²) in [6.07, 6.45) is -1.40. The summed E-state index contributed by atoms with van der Waals surface area (Å²) >= 11 is 2.45. The van der Waals surface area contributed by atoms with Crippen LogP contribution < -0.4 is 10.6 Å². The molecule has 1 heterocycles. The molecular weight excluding hydrogens is 495 g/mol. The molecule has 35 heavy (non-hydrogen) atoms. The Balaban J connectivity index is 1.36. The Kier molecular flexibility index (Phi) is 7.52. The Morgan fingerprint density at radius 3 is 2.49 bits per heavy atom. The average molecular weight is 514 g/mol. The van der Waals surface area contributed by atoms with E-state index in [1.54, 1.807) is 24.3 Å². The number of aromatic nitrogens is 1. The minimum absolute atomic E-state index is 0.0973. The number of thiazole rings is 1. The van der Waals surface area contributed by atoms with E-state index in [1.165, 1.54) is 35.6 Å². The molecule has 3 aromatic carbocycles. The van der Waals surface area contributed by atoms with Gasteiger partial charge in [-0.05, 0) is 42.0 Å². The number of carbonyl (C=O) groups excluding carboxylic acids is 2. The molecular formula is C25H18F3N3O2S2. The monoisotopic (exact) mass is 513 g/mol. The third kappa shape index (κ3) is 6.71. The first-order valence-corrected chi connectivity index (χ1v) is 12.1. The molecule has 0 aliphatic rings. The van der Waals surface area contributed by atoms with Crippen molar-refractivity contribution in [2.75, 3.05) is 16.4 Å². The molecule has 178 valence electrons. The third-order valence-corrected chi connectivity index (χ3v) is 6.86. The van der Waals surface area contributed by atoms with Gasteiger partial charge in [-0.1, -0.05) is 54.2 Å². The zero-order chi connectivity index (χ0) is 24.8. The second kappa shape index (κ2) is 10.7. The molecule has 0 bridgehead atoms. The number of halogens is 3. The number of nitrogens with one attached hydrogen (secondary N) is 2. The van der Waals surface area contributed by atoms with E-state index < -0.39 is 17.6 Å². The summed E-state index contributed by atoms with van der Waals surface area (Å²) in [4.78, 5) is 28.9. The summed E-state index contributed by atoms with van der Waals surface area (Å²) in [5.41, 5.74) is 1.02. The maximum Gasteiger partial charge on any atom is 0.418 e. The molecule has 2 amide bonds. The first-order chi connectivity index (χ1) is 16.8. The van der Waals surface area contributed by atoms with Crippen molar-refractivity contribution in [3.8, 4) is 0 Å². The quantitative estimate of drug-likeness (QED) is 0.213. The summed E-state index contributed by atoms with van der Waals surface area (Å²) in [5.74, 6) is -0.938. The molecule has 0 saturated heterocycles. The lowest BCUT2D eigenvalue weighted by Crippen LogP contribution is -2.18. The number of carbonyl (C=O) groups is 2. The van der Waals surface area contributed by atoms with Crippen molar-refractivity contribution >= 4 is 62.6 Å². The van der Waals surface area contributed by atoms with Crippen molar-refractivity contribution in [1.82, 2.24) is 4.98 Å². The summed E-state index contributed by atoms with van der Waals surface area (Å²) in [5, 5.41) is 5.12. The Morgan fingerprint density at radius 1 is 0.971 bits per heavy atom. The largest absolute Gasteiger partial charge is 0.418 e. The van der Waals surface area contributed by atoms with Crippen molar-refractivity contribution in [1.29, 1.82) is 0 Å². The molecule has 0 unspecified atom stereocenters. The number of alkyl halides is 3. The van der Waals surface area contributed by atoms with Gasteiger partial charge in [0, 0.05) is 11.8 Å². The van der Waals surface area contributed by atoms with E-state index in [1.807, 2.05) is 30.3 Å². The van der Waals surface area contributed by atoms with Crippen LogP contribution in [0.5, 0.6) is 0 Å². The minimum atomic E-state index is -4.56. The number of amides is 2. The predicted molar refractivity (Wildman–Crippen MR) is 135 cm³/mol. The molecule has 4 aromatic rings. The minimum Gasteiger partial charge on any atom is -0.325 e. The maximum atomic E-state index is 13.1. The van der Waals surface area contributed by atoms with E-state index >= 15 is 0 Å². The Bertz CT molecular complexity index is 1390. The van der Waals surface area contributed by atoms with Gasteiger partial charge in [-0.3, -0.25) is 9.59 Å². The molecule has 2 N–H and O–H groups in total. The fourth-order valence-electron chi connectivity index (χ4n) is 3.12. The fourth-order valence-corrected chi connectivity index (χ4v) is 5.02. The van der Waals surface area contributed by atoms with Gasteiger partial charge in [-0.25, -0.2) is 4.98 Å². The van der Waals surface area contributed by atoms with Crippen molar-refractivity contribution in [3.63, 3.8) is 0 Å². The van der Waals surface area contributed by atoms with Crippen LogP contribution in [0.1, 0.15) is 11.1 Å². The molecule has 0 fully saturated rings. The first-order valence-electron chi connectivity index (χ1n) is 10.3. The molecule has 5 nitrogen and oxygen atoms in total. The van der Waals surface area contributed by atoms with Crippen LogP contribution in [0.15, 0.2) is 83.2 Å². The molecule has 0 radical (unpaired) electrons. The molecule has 0 atom stereocenters. The van der Waals surface area contributed by atoms with Gasteiger partial charge in [0.05, 0.1) is 27.2 Å². The van der Waals surface area contributed by atoms with Crippen molar-refractivity contribution in [3.05, 3.63) is 90.0 Å². The number of hydrogen-bond acceptors (Lipinski definition) is 5. The zero-order valence-corrected chi connectivity index (χ0v) is 19.6. The SMILES string of the molecule is O=C(/C=C/c1ccccc1)Nc1ccc2nc(SCC(=O)Nc3ccccc3C(F)(F)F)sc2c1. The van der Waals surface area contributed by atoms with Crippen LogP contribution in [0, 0.1) is 0 Å². The lowest BCUT2D eigenvalue weighted by Gasteiger charge is -2.13. The van der Waals surface area contributed by atoms with Gasteiger partial charge < -0.3 is 10.6 Å². The van der Waals surface area contributed by atoms with Gasteiger partial charge in [0.15, 0.2) is 4.34 Å². The summed E-state index contributed by atoms with van der Waals surface area (Å²) in [7, 11) is 0. The Hall–Kier alpha value is -3.63. The zero-order valence-electron chi connectivity index (χ0n) is 18.0. The maximum absolute atomic E-state index is 13.1. The van der Waals surface area contributed by atoms with E-state index in [9.17, 15) is 22.8 Å². The number of benzene rings is 3. The third-order valence-electron chi connectivity index (χ3n) is 4.70. The highest BCUT2D eigenvalue weighted by atomic mass is 32.2. The summed E-state index contributed by atoms with van der Waals surface area (Å²) < 4.78 is 40.7. The number of rotatable bonds is 7. The highest BCUT2D eigenvalue weighted by Crippen LogP contribution is 2.35. The Labute approximate surface area is 207 Å². The number of para-hydroxylation sites is 1. The predicted octanol–water partition coefficient (Wildman–Crippen LogP) is 6.70. The van der Waals surface area contributed by atoms with E-state index in [0.717, 1.165) is 28.1 Å². The van der Waals surface area contributed by atoms with E-state index in [4.69, 9.17) is 0 Å². The lowest BCUT2D eigenvalue weighted by atomic mass is 10.1. The summed E-state index contributed by atoms with van der Waals surface area (Å²) in [6, 6.07) is 19.5. The second-order valence-electron chi connectivity index (χ2n) is 7.28. The van der Waals surface area contributed by atoms with Gasteiger partial charge in [-0.15, -0.1) is 11.3 Å². The van der Waals surface area contributed by atoms with Crippen LogP contribution in [0.4, 0.5) is 24.5 Å². The molecule has 4 rings (SSSR count). The standard InChI is InChI=1S/C25H18F3N3O2S2/c26-25(27,28)18-8-4-5-9-19(18)30-23(33)15-34-24-31-20-12-11-17(14-21(20)35-24)29-22(32)13-10-16-6-2-1-3-7-16/h1-14H,15H2,(H,29,32)(H,30,33)/b13-10+. The van der Waals surface area contributed by atoms with Crippen molar-refractivity contribution in [2.24, 2.45) is 0 Å². The topological polar surface area (TPSA) is 71.1 Å². The van der Waals surface area contributed by atoms with E-state index in [-0.39, 0.29) is 17.3 Å². The first kappa shape index (κ1) is 24.5. The highest BCUT2D eigenvalue weighted by Gasteiger charge is 2.33. The molecule has 0 aliphatic carbocycles. The number of nitrogens with zero attached hydrogens (tertiary/aromatic N) is 1. The molecule has 0 saturated carbocycles. The van der Waals surface area contributed by atoms with E-state index in [2.05, 4.69) is 15.6 Å². The van der Waals surface area contributed by atoms with Crippen LogP contribution in [0.2, 0.25) is 0 Å². The van der Waals surface area contributed by atoms with Gasteiger partial charge in [0.1, 0.15) is 0 Å². The van der Waals surface area contributed by atoms with Crippen LogP contribution in [-0.4, -0.2) is 22.6 Å². The number of hydrogen-bond donors (Lipinski definition) is 2. The summed E-state index contributed by atoms with van der Waals surface area (Å²) in [6.45, 7) is 0. The number of anilines is 2. The average Bonchev–Trinajstić information content (AvgIpc) is 3.24. The van der Waals surface area contributed by atoms with Gasteiger partial charge in [-0.2, -0.15) is 13.2 Å². The lowest BCUT2D eigenvalue weighted by molar-refractivity contribution is -0.137. The van der Waals surface area contributed by atoms with Crippen LogP contribution in [0.25, 0.3) is 16.3 Å². The van der Waals surface area contributed by atoms with Gasteiger partial charge >= 0.3 is 6.18 Å². The Morgan fingerprint density at radius 2 is 1.71 bits per heavy atom. The normalized spacial score (nSPS) is 11.6. The second-order valence-corrected chi connectivity index (χ2v) is 9.53. The fraction of sp³-hybridized carbons (Fsp3) is 0.0800. The molecule has 1 aromatic heterocycles. The number of fused-ring (bicyclic) bond motifs is 1. The van der Waals surface area contributed by atoms with Crippen LogP contribution in [0.3, 0.4) is 0 Å². The van der Waals surface area contributed by atoms with Crippen LogP contribution >= 0.6 is 23.1 Å². The smallest absolute Gasteiger partial charge is 0.325 e. The number of thioether (sulfide) groups is 1. The van der Waals surface area contributed by atoms with Crippen molar-refractivity contribution < 1.29 is 22.8 Å². The van der Waals surface area contributed by atoms with Crippen LogP contribution in [-0.2, 0) is 15.8 Å². The molecule has 10 heteroatoms.